The van der Waals surface area contributed by atoms with Crippen molar-refractivity contribution in [2.24, 2.45) is 4.99 Å². The molecule has 0 heterocycles. The summed E-state index contributed by atoms with van der Waals surface area (Å²) in [6.45, 7) is 5.62. The first-order valence-electron chi connectivity index (χ1n) is 11.7. The molecule has 0 saturated heterocycles. The van der Waals surface area contributed by atoms with Crippen LogP contribution in [0.5, 0.6) is 11.5 Å². The van der Waals surface area contributed by atoms with Crippen LogP contribution in [0, 0.1) is 0 Å². The lowest BCUT2D eigenvalue weighted by Crippen LogP contribution is -1.93. The zero-order valence-corrected chi connectivity index (χ0v) is 18.4. The zero-order chi connectivity index (χ0) is 20.3. The molecule has 1 aromatic rings. The highest BCUT2D eigenvalue weighted by molar-refractivity contribution is 5.80. The number of aliphatic imine (C=N–C) groups is 1. The number of phenolic OH excluding ortho intramolecular Hbond substituents is 1. The molecular weight excluding hydrogens is 346 g/mol. The number of unbranched alkanes of at least 4 members (excludes halogenated alkanes) is 13. The summed E-state index contributed by atoms with van der Waals surface area (Å²) in [6.07, 6.45) is 21.2. The van der Waals surface area contributed by atoms with Crippen LogP contribution >= 0.6 is 0 Å². The van der Waals surface area contributed by atoms with Gasteiger partial charge < -0.3 is 9.84 Å². The predicted molar refractivity (Wildman–Crippen MR) is 122 cm³/mol. The van der Waals surface area contributed by atoms with Crippen molar-refractivity contribution in [2.45, 2.75) is 104 Å². The van der Waals surface area contributed by atoms with Gasteiger partial charge in [0, 0.05) is 12.8 Å². The fourth-order valence-corrected chi connectivity index (χ4v) is 3.45. The second kappa shape index (κ2) is 17.6. The number of ether oxygens (including phenoxy) is 1. The molecule has 0 amide bonds. The van der Waals surface area contributed by atoms with Crippen LogP contribution in [-0.2, 0) is 0 Å². The summed E-state index contributed by atoms with van der Waals surface area (Å²) in [4.78, 5) is 4.50. The van der Waals surface area contributed by atoms with Crippen molar-refractivity contribution in [3.05, 3.63) is 23.8 Å². The SMILES string of the molecule is CCCCCCCCCCCCCCCCN=Cc1ccc(O)c(OCC)c1. The van der Waals surface area contributed by atoms with E-state index in [0.717, 1.165) is 18.5 Å². The van der Waals surface area contributed by atoms with Gasteiger partial charge in [-0.15, -0.1) is 0 Å². The molecular formula is C25H43NO2. The van der Waals surface area contributed by atoms with Crippen LogP contribution < -0.4 is 4.74 Å². The third-order valence-corrected chi connectivity index (χ3v) is 5.16. The van der Waals surface area contributed by atoms with Crippen LogP contribution in [0.25, 0.3) is 0 Å². The van der Waals surface area contributed by atoms with E-state index >= 15 is 0 Å². The maximum absolute atomic E-state index is 9.71. The van der Waals surface area contributed by atoms with Gasteiger partial charge in [-0.2, -0.15) is 0 Å². The number of hydrogen-bond acceptors (Lipinski definition) is 3. The minimum absolute atomic E-state index is 0.186. The van der Waals surface area contributed by atoms with Crippen molar-refractivity contribution in [2.75, 3.05) is 13.2 Å². The van der Waals surface area contributed by atoms with Gasteiger partial charge in [-0.25, -0.2) is 0 Å². The Bertz CT molecular complexity index is 513. The number of benzene rings is 1. The Morgan fingerprint density at radius 2 is 1.32 bits per heavy atom. The lowest BCUT2D eigenvalue weighted by molar-refractivity contribution is 0.318. The second-order valence-corrected chi connectivity index (χ2v) is 7.79. The fourth-order valence-electron chi connectivity index (χ4n) is 3.45. The van der Waals surface area contributed by atoms with Gasteiger partial charge in [-0.3, -0.25) is 4.99 Å². The topological polar surface area (TPSA) is 41.8 Å². The van der Waals surface area contributed by atoms with E-state index in [1.807, 2.05) is 25.3 Å². The van der Waals surface area contributed by atoms with Crippen molar-refractivity contribution in [1.82, 2.24) is 0 Å². The first-order valence-corrected chi connectivity index (χ1v) is 11.7. The van der Waals surface area contributed by atoms with E-state index in [4.69, 9.17) is 4.74 Å². The number of aromatic hydroxyl groups is 1. The summed E-state index contributed by atoms with van der Waals surface area (Å²) in [7, 11) is 0. The van der Waals surface area contributed by atoms with Crippen molar-refractivity contribution in [3.8, 4) is 11.5 Å². The van der Waals surface area contributed by atoms with E-state index in [2.05, 4.69) is 11.9 Å². The van der Waals surface area contributed by atoms with Gasteiger partial charge in [0.1, 0.15) is 0 Å². The van der Waals surface area contributed by atoms with Gasteiger partial charge in [-0.05, 0) is 37.1 Å². The van der Waals surface area contributed by atoms with E-state index in [9.17, 15) is 5.11 Å². The van der Waals surface area contributed by atoms with E-state index in [-0.39, 0.29) is 5.75 Å². The van der Waals surface area contributed by atoms with Crippen LogP contribution in [0.3, 0.4) is 0 Å². The van der Waals surface area contributed by atoms with Crippen LogP contribution in [0.1, 0.15) is 109 Å². The van der Waals surface area contributed by atoms with Crippen LogP contribution in [0.15, 0.2) is 23.2 Å². The lowest BCUT2D eigenvalue weighted by atomic mass is 10.0. The number of nitrogens with zero attached hydrogens (tertiary/aromatic N) is 1. The maximum Gasteiger partial charge on any atom is 0.161 e. The quantitative estimate of drug-likeness (QED) is 0.206. The Morgan fingerprint density at radius 1 is 0.786 bits per heavy atom. The standard InChI is InChI=1S/C25H43NO2/c1-3-5-6-7-8-9-10-11-12-13-14-15-16-17-20-26-22-23-18-19-24(27)25(21-23)28-4-2/h18-19,21-22,27H,3-17,20H2,1-2H3. The second-order valence-electron chi connectivity index (χ2n) is 7.79. The highest BCUT2D eigenvalue weighted by Gasteiger charge is 2.01. The van der Waals surface area contributed by atoms with Gasteiger partial charge in [0.05, 0.1) is 6.61 Å². The number of phenols is 1. The Morgan fingerprint density at radius 3 is 1.86 bits per heavy atom. The Kier molecular flexibility index (Phi) is 15.4. The summed E-state index contributed by atoms with van der Waals surface area (Å²) in [5.41, 5.74) is 0.978. The molecule has 0 unspecified atom stereocenters. The molecule has 160 valence electrons. The van der Waals surface area contributed by atoms with Crippen LogP contribution in [-0.4, -0.2) is 24.5 Å². The Balaban J connectivity index is 1.92. The molecule has 0 aliphatic rings. The van der Waals surface area contributed by atoms with Crippen molar-refractivity contribution in [1.29, 1.82) is 0 Å². The summed E-state index contributed by atoms with van der Waals surface area (Å²) >= 11 is 0. The van der Waals surface area contributed by atoms with Crippen molar-refractivity contribution in [3.63, 3.8) is 0 Å². The van der Waals surface area contributed by atoms with Gasteiger partial charge in [0.15, 0.2) is 11.5 Å². The van der Waals surface area contributed by atoms with E-state index < -0.39 is 0 Å². The van der Waals surface area contributed by atoms with Crippen molar-refractivity contribution < 1.29 is 9.84 Å². The van der Waals surface area contributed by atoms with E-state index in [1.165, 1.54) is 83.5 Å². The van der Waals surface area contributed by atoms with Gasteiger partial charge >= 0.3 is 0 Å². The number of rotatable bonds is 18. The molecule has 0 saturated carbocycles. The first-order chi connectivity index (χ1) is 13.8. The molecule has 0 fully saturated rings. The largest absolute Gasteiger partial charge is 0.504 e. The third-order valence-electron chi connectivity index (χ3n) is 5.16. The Labute approximate surface area is 173 Å². The first kappa shape index (κ1) is 24.5. The molecule has 28 heavy (non-hydrogen) atoms. The minimum Gasteiger partial charge on any atom is -0.504 e. The fraction of sp³-hybridized carbons (Fsp3) is 0.720. The minimum atomic E-state index is 0.186. The van der Waals surface area contributed by atoms with Crippen LogP contribution in [0.4, 0.5) is 0 Å². The highest BCUT2D eigenvalue weighted by atomic mass is 16.5. The number of hydrogen-bond donors (Lipinski definition) is 1. The normalized spacial score (nSPS) is 11.4. The molecule has 0 radical (unpaired) electrons. The summed E-state index contributed by atoms with van der Waals surface area (Å²) in [5, 5.41) is 9.71. The molecule has 0 aliphatic heterocycles. The van der Waals surface area contributed by atoms with E-state index in [1.54, 1.807) is 6.07 Å². The summed E-state index contributed by atoms with van der Waals surface area (Å²) in [5.74, 6) is 0.717. The molecule has 0 atom stereocenters. The molecule has 3 nitrogen and oxygen atoms in total. The summed E-state index contributed by atoms with van der Waals surface area (Å²) in [6, 6.07) is 5.37. The molecule has 3 heteroatoms. The maximum atomic E-state index is 9.71. The molecule has 0 spiro atoms. The lowest BCUT2D eigenvalue weighted by Gasteiger charge is -2.06. The summed E-state index contributed by atoms with van der Waals surface area (Å²) < 4.78 is 5.40. The predicted octanol–water partition coefficient (Wildman–Crippen LogP) is 7.69. The Hall–Kier alpha value is -1.51. The highest BCUT2D eigenvalue weighted by Crippen LogP contribution is 2.26. The van der Waals surface area contributed by atoms with Gasteiger partial charge in [0.2, 0.25) is 0 Å². The van der Waals surface area contributed by atoms with Crippen LogP contribution in [0.2, 0.25) is 0 Å². The average Bonchev–Trinajstić information content (AvgIpc) is 2.70. The smallest absolute Gasteiger partial charge is 0.161 e. The average molecular weight is 390 g/mol. The van der Waals surface area contributed by atoms with Crippen molar-refractivity contribution >= 4 is 6.21 Å². The molecule has 1 aromatic carbocycles. The molecule has 0 aliphatic carbocycles. The molecule has 0 aromatic heterocycles. The molecule has 1 N–H and O–H groups in total. The monoisotopic (exact) mass is 389 g/mol. The zero-order valence-electron chi connectivity index (χ0n) is 18.4. The molecule has 0 bridgehead atoms. The van der Waals surface area contributed by atoms with Gasteiger partial charge in [0.25, 0.3) is 0 Å². The third kappa shape index (κ3) is 12.8. The van der Waals surface area contributed by atoms with Gasteiger partial charge in [-0.1, -0.05) is 90.4 Å². The van der Waals surface area contributed by atoms with E-state index in [0.29, 0.717) is 12.4 Å². The molecule has 1 rings (SSSR count).